The minimum absolute atomic E-state index is 0.0143. The predicted molar refractivity (Wildman–Crippen MR) is 206 cm³/mol. The summed E-state index contributed by atoms with van der Waals surface area (Å²) in [5, 5.41) is 24.9. The number of fused-ring (bicyclic) bond motifs is 1. The van der Waals surface area contributed by atoms with Crippen LogP contribution in [0, 0.1) is 5.92 Å². The number of carbonyl (C=O) groups is 3. The molecule has 0 bridgehead atoms. The zero-order valence-corrected chi connectivity index (χ0v) is 31.2. The molecule has 3 heterocycles. The Morgan fingerprint density at radius 2 is 1.39 bits per heavy atom. The van der Waals surface area contributed by atoms with Gasteiger partial charge in [0.05, 0.1) is 43.2 Å². The number of hydrogen-bond donors (Lipinski definition) is 6. The number of nitrogens with one attached hydrogen (secondary N) is 5. The van der Waals surface area contributed by atoms with Crippen molar-refractivity contribution in [3.05, 3.63) is 48.4 Å². The van der Waals surface area contributed by atoms with Gasteiger partial charge in [-0.05, 0) is 95.2 Å². The highest BCUT2D eigenvalue weighted by Crippen LogP contribution is 2.30. The van der Waals surface area contributed by atoms with Crippen LogP contribution in [0.25, 0.3) is 10.9 Å². The number of aromatic nitrogens is 3. The third kappa shape index (κ3) is 14.7. The van der Waals surface area contributed by atoms with Gasteiger partial charge in [-0.3, -0.25) is 14.6 Å². The molecule has 54 heavy (non-hydrogen) atoms. The van der Waals surface area contributed by atoms with Crippen LogP contribution in [0.3, 0.4) is 0 Å². The van der Waals surface area contributed by atoms with Crippen molar-refractivity contribution >= 4 is 46.1 Å². The second-order valence-corrected chi connectivity index (χ2v) is 13.9. The quantitative estimate of drug-likeness (QED) is 0.0604. The highest BCUT2D eigenvalue weighted by Gasteiger charge is 2.29. The van der Waals surface area contributed by atoms with Crippen LogP contribution in [0.15, 0.2) is 42.9 Å². The van der Waals surface area contributed by atoms with E-state index in [2.05, 4.69) is 41.5 Å². The SMILES string of the molecule is O=C(O)NCCCCCOCCOCCOCCCCCNC(=O)C1CCC(NC(=O)c2cnc(Nc3ccc4cnccc4n3)cc2NC2CC2)CC1. The van der Waals surface area contributed by atoms with Crippen LogP contribution >= 0.6 is 0 Å². The Morgan fingerprint density at radius 3 is 2.07 bits per heavy atom. The number of anilines is 3. The van der Waals surface area contributed by atoms with Crippen LogP contribution in [-0.4, -0.2) is 103 Å². The fourth-order valence-corrected chi connectivity index (χ4v) is 6.31. The Kier molecular flexibility index (Phi) is 17.0. The van der Waals surface area contributed by atoms with Crippen molar-refractivity contribution in [2.75, 3.05) is 63.4 Å². The molecule has 3 amide bonds. The van der Waals surface area contributed by atoms with Gasteiger partial charge in [0.1, 0.15) is 11.6 Å². The molecule has 2 fully saturated rings. The molecule has 3 aromatic rings. The fourth-order valence-electron chi connectivity index (χ4n) is 6.31. The fraction of sp³-hybridized carbons (Fsp3) is 0.590. The number of nitrogens with zero attached hydrogens (tertiary/aromatic N) is 3. The van der Waals surface area contributed by atoms with Crippen LogP contribution in [0.2, 0.25) is 0 Å². The van der Waals surface area contributed by atoms with E-state index in [0.29, 0.717) is 76.0 Å². The molecule has 0 radical (unpaired) electrons. The minimum Gasteiger partial charge on any atom is -0.465 e. The number of carbonyl (C=O) groups excluding carboxylic acids is 2. The van der Waals surface area contributed by atoms with Crippen LogP contribution in [0.4, 0.5) is 22.1 Å². The molecule has 0 spiro atoms. The van der Waals surface area contributed by atoms with Crippen LogP contribution in [0.5, 0.6) is 0 Å². The smallest absolute Gasteiger partial charge is 0.404 e. The second-order valence-electron chi connectivity index (χ2n) is 13.9. The molecule has 2 saturated carbocycles. The highest BCUT2D eigenvalue weighted by molar-refractivity contribution is 6.00. The number of ether oxygens (including phenoxy) is 3. The van der Waals surface area contributed by atoms with Gasteiger partial charge in [0.15, 0.2) is 0 Å². The predicted octanol–water partition coefficient (Wildman–Crippen LogP) is 5.41. The zero-order valence-electron chi connectivity index (χ0n) is 31.2. The summed E-state index contributed by atoms with van der Waals surface area (Å²) in [4.78, 5) is 50.0. The maximum absolute atomic E-state index is 13.4. The number of carboxylic acid groups (broad SMARTS) is 1. The molecule has 0 atom stereocenters. The molecule has 3 aromatic heterocycles. The maximum Gasteiger partial charge on any atom is 0.404 e. The second kappa shape index (κ2) is 22.6. The van der Waals surface area contributed by atoms with E-state index in [4.69, 9.17) is 19.3 Å². The van der Waals surface area contributed by atoms with Gasteiger partial charge in [0.2, 0.25) is 5.91 Å². The molecule has 15 heteroatoms. The topological polar surface area (TPSA) is 198 Å². The number of unbranched alkanes of at least 4 members (excludes halogenated alkanes) is 4. The van der Waals surface area contributed by atoms with Crippen LogP contribution in [-0.2, 0) is 19.0 Å². The number of pyridine rings is 3. The van der Waals surface area contributed by atoms with Gasteiger partial charge < -0.3 is 45.9 Å². The standard InChI is InChI=1S/C39H56N8O7/c48-37(41-16-3-1-5-19-52-21-23-54-24-22-53-20-6-2-4-17-42-39(50)51)28-7-10-31(11-8-28)45-38(49)32-27-43-36(25-34(32)44-30-12-13-30)47-35-14-9-29-26-40-18-15-33(29)46-35/h9,14-15,18,25-28,30-31,42H,1-8,10-13,16-17,19-24H2,(H,41,48)(H,45,49)(H,50,51)(H2,43,44,46,47). The molecule has 6 N–H and O–H groups in total. The first-order valence-electron chi connectivity index (χ1n) is 19.5. The first kappa shape index (κ1) is 40.6. The first-order chi connectivity index (χ1) is 26.4. The average Bonchev–Trinajstić information content (AvgIpc) is 4.00. The van der Waals surface area contributed by atoms with E-state index >= 15 is 0 Å². The summed E-state index contributed by atoms with van der Waals surface area (Å²) in [5.74, 6) is 1.18. The zero-order chi connectivity index (χ0) is 37.8. The van der Waals surface area contributed by atoms with E-state index in [1.54, 1.807) is 18.6 Å². The largest absolute Gasteiger partial charge is 0.465 e. The number of hydrogen-bond acceptors (Lipinski definition) is 11. The molecule has 294 valence electrons. The normalized spacial score (nSPS) is 16.8. The molecule has 2 aliphatic rings. The third-order valence-electron chi connectivity index (χ3n) is 9.51. The van der Waals surface area contributed by atoms with E-state index in [1.807, 2.05) is 24.3 Å². The van der Waals surface area contributed by atoms with Crippen molar-refractivity contribution in [2.24, 2.45) is 5.92 Å². The Hall–Kier alpha value is -4.60. The van der Waals surface area contributed by atoms with Gasteiger partial charge in [-0.2, -0.15) is 0 Å². The Balaban J connectivity index is 0.886. The molecule has 2 aliphatic carbocycles. The summed E-state index contributed by atoms with van der Waals surface area (Å²) in [6, 6.07) is 7.94. The van der Waals surface area contributed by atoms with Crippen LogP contribution in [0.1, 0.15) is 87.4 Å². The van der Waals surface area contributed by atoms with E-state index in [-0.39, 0.29) is 23.8 Å². The van der Waals surface area contributed by atoms with E-state index < -0.39 is 6.09 Å². The molecular weight excluding hydrogens is 692 g/mol. The van der Waals surface area contributed by atoms with E-state index in [9.17, 15) is 14.4 Å². The van der Waals surface area contributed by atoms with Crippen molar-refractivity contribution in [3.8, 4) is 0 Å². The molecule has 0 aliphatic heterocycles. The lowest BCUT2D eigenvalue weighted by molar-refractivity contribution is -0.126. The Morgan fingerprint density at radius 1 is 0.722 bits per heavy atom. The summed E-state index contributed by atoms with van der Waals surface area (Å²) < 4.78 is 16.7. The Labute approximate surface area is 317 Å². The number of rotatable bonds is 25. The van der Waals surface area contributed by atoms with Crippen LogP contribution < -0.4 is 26.6 Å². The van der Waals surface area contributed by atoms with Crippen molar-refractivity contribution < 1.29 is 33.7 Å². The van der Waals surface area contributed by atoms with Gasteiger partial charge >= 0.3 is 6.09 Å². The lowest BCUT2D eigenvalue weighted by atomic mass is 9.85. The van der Waals surface area contributed by atoms with Gasteiger partial charge in [-0.15, -0.1) is 0 Å². The van der Waals surface area contributed by atoms with Crippen molar-refractivity contribution in [1.82, 2.24) is 30.9 Å². The summed E-state index contributed by atoms with van der Waals surface area (Å²) in [5.41, 5.74) is 2.10. The van der Waals surface area contributed by atoms with E-state index in [0.717, 1.165) is 93.6 Å². The molecule has 0 unspecified atom stereocenters. The molecule has 5 rings (SSSR count). The summed E-state index contributed by atoms with van der Waals surface area (Å²) >= 11 is 0. The van der Waals surface area contributed by atoms with Crippen molar-refractivity contribution in [3.63, 3.8) is 0 Å². The summed E-state index contributed by atoms with van der Waals surface area (Å²) in [6.45, 7) is 4.56. The highest BCUT2D eigenvalue weighted by atomic mass is 16.5. The lowest BCUT2D eigenvalue weighted by Crippen LogP contribution is -2.41. The van der Waals surface area contributed by atoms with E-state index in [1.165, 1.54) is 0 Å². The van der Waals surface area contributed by atoms with Gasteiger partial charge in [0.25, 0.3) is 5.91 Å². The first-order valence-corrected chi connectivity index (χ1v) is 19.5. The van der Waals surface area contributed by atoms with Gasteiger partial charge in [-0.25, -0.2) is 14.8 Å². The Bertz CT molecular complexity index is 1620. The molecular formula is C39H56N8O7. The average molecular weight is 749 g/mol. The van der Waals surface area contributed by atoms with Gasteiger partial charge in [-0.1, -0.05) is 0 Å². The van der Waals surface area contributed by atoms with Crippen molar-refractivity contribution in [2.45, 2.75) is 89.1 Å². The minimum atomic E-state index is -0.984. The molecule has 0 aromatic carbocycles. The molecule has 15 nitrogen and oxygen atoms in total. The third-order valence-corrected chi connectivity index (χ3v) is 9.51. The summed E-state index contributed by atoms with van der Waals surface area (Å²) in [7, 11) is 0. The monoisotopic (exact) mass is 748 g/mol. The maximum atomic E-state index is 13.4. The number of amides is 3. The summed E-state index contributed by atoms with van der Waals surface area (Å²) in [6.07, 6.45) is 14.7. The van der Waals surface area contributed by atoms with Gasteiger partial charge in [0, 0.05) is 74.3 Å². The van der Waals surface area contributed by atoms with Crippen molar-refractivity contribution in [1.29, 1.82) is 0 Å². The molecule has 0 saturated heterocycles. The lowest BCUT2D eigenvalue weighted by Gasteiger charge is -2.28.